The first-order chi connectivity index (χ1) is 36.1. The lowest BCUT2D eigenvalue weighted by atomic mass is 9.97. The molecule has 2 heterocycles. The highest BCUT2D eigenvalue weighted by Gasteiger charge is 2.51. The van der Waals surface area contributed by atoms with Crippen LogP contribution in [0, 0.1) is 0 Å². The quantitative estimate of drug-likeness (QED) is 0.0205. The number of hydrogen-bond donors (Lipinski definition) is 9. The first kappa shape index (κ1) is 67.5. The van der Waals surface area contributed by atoms with Gasteiger partial charge < -0.3 is 65.1 Å². The number of allylic oxidation sites excluding steroid dienone is 12. The molecule has 12 unspecified atom stereocenters. The molecule has 0 aromatic heterocycles. The van der Waals surface area contributed by atoms with Crippen LogP contribution in [0.15, 0.2) is 72.9 Å². The molecule has 2 fully saturated rings. The molecule has 0 aromatic carbocycles. The number of carbonyl (C=O) groups is 1. The van der Waals surface area contributed by atoms with Crippen molar-refractivity contribution in [2.45, 2.75) is 280 Å². The lowest BCUT2D eigenvalue weighted by molar-refractivity contribution is -0.359. The van der Waals surface area contributed by atoms with E-state index < -0.39 is 86.8 Å². The molecule has 2 rings (SSSR count). The van der Waals surface area contributed by atoms with Crippen LogP contribution in [0.3, 0.4) is 0 Å². The molecular formula is C60H105NO13. The van der Waals surface area contributed by atoms with E-state index in [0.717, 1.165) is 89.9 Å². The van der Waals surface area contributed by atoms with E-state index in [-0.39, 0.29) is 12.5 Å². The average Bonchev–Trinajstić information content (AvgIpc) is 3.40. The maximum absolute atomic E-state index is 13.2. The molecule has 0 spiro atoms. The van der Waals surface area contributed by atoms with Crippen molar-refractivity contribution < 1.29 is 64.6 Å². The number of rotatable bonds is 45. The van der Waals surface area contributed by atoms with Crippen molar-refractivity contribution in [3.8, 4) is 0 Å². The summed E-state index contributed by atoms with van der Waals surface area (Å²) in [5.41, 5.74) is 0. The molecule has 2 aliphatic rings. The highest BCUT2D eigenvalue weighted by molar-refractivity contribution is 5.76. The van der Waals surface area contributed by atoms with Crippen molar-refractivity contribution in [1.29, 1.82) is 0 Å². The topological polar surface area (TPSA) is 228 Å². The van der Waals surface area contributed by atoms with Gasteiger partial charge in [-0.2, -0.15) is 0 Å². The van der Waals surface area contributed by atoms with Gasteiger partial charge in [0.15, 0.2) is 12.6 Å². The third-order valence-electron chi connectivity index (χ3n) is 13.9. The summed E-state index contributed by atoms with van der Waals surface area (Å²) in [7, 11) is 0. The summed E-state index contributed by atoms with van der Waals surface area (Å²) in [5.74, 6) is -0.216. The van der Waals surface area contributed by atoms with Crippen LogP contribution < -0.4 is 5.32 Å². The van der Waals surface area contributed by atoms with Crippen molar-refractivity contribution in [3.63, 3.8) is 0 Å². The van der Waals surface area contributed by atoms with Crippen LogP contribution in [-0.2, 0) is 23.7 Å². The Morgan fingerprint density at radius 1 is 0.500 bits per heavy atom. The number of hydrogen-bond acceptors (Lipinski definition) is 13. The Balaban J connectivity index is 1.69. The van der Waals surface area contributed by atoms with Crippen molar-refractivity contribution in [1.82, 2.24) is 5.32 Å². The van der Waals surface area contributed by atoms with Gasteiger partial charge >= 0.3 is 0 Å². The molecule has 0 bridgehead atoms. The molecule has 9 N–H and O–H groups in total. The predicted molar refractivity (Wildman–Crippen MR) is 295 cm³/mol. The van der Waals surface area contributed by atoms with E-state index in [1.54, 1.807) is 0 Å². The van der Waals surface area contributed by atoms with Gasteiger partial charge in [-0.15, -0.1) is 0 Å². The van der Waals surface area contributed by atoms with Gasteiger partial charge in [-0.3, -0.25) is 4.79 Å². The Hall–Kier alpha value is -2.57. The zero-order chi connectivity index (χ0) is 53.9. The first-order valence-electron chi connectivity index (χ1n) is 29.2. The van der Waals surface area contributed by atoms with Crippen LogP contribution in [0.4, 0.5) is 0 Å². The second kappa shape index (κ2) is 45.4. The fraction of sp³-hybridized carbons (Fsp3) is 0.783. The maximum Gasteiger partial charge on any atom is 0.220 e. The van der Waals surface area contributed by atoms with Gasteiger partial charge in [0.05, 0.1) is 32.0 Å². The van der Waals surface area contributed by atoms with E-state index >= 15 is 0 Å². The molecule has 428 valence electrons. The molecular weight excluding hydrogens is 943 g/mol. The number of nitrogens with one attached hydrogen (secondary N) is 1. The largest absolute Gasteiger partial charge is 0.394 e. The van der Waals surface area contributed by atoms with Gasteiger partial charge in [0.2, 0.25) is 5.91 Å². The highest BCUT2D eigenvalue weighted by atomic mass is 16.7. The Morgan fingerprint density at radius 3 is 1.43 bits per heavy atom. The molecule has 14 heteroatoms. The molecule has 2 aliphatic heterocycles. The van der Waals surface area contributed by atoms with Gasteiger partial charge in [-0.1, -0.05) is 209 Å². The lowest BCUT2D eigenvalue weighted by Crippen LogP contribution is -2.65. The van der Waals surface area contributed by atoms with Crippen LogP contribution >= 0.6 is 0 Å². The van der Waals surface area contributed by atoms with Crippen LogP contribution in [0.2, 0.25) is 0 Å². The molecule has 0 aromatic rings. The smallest absolute Gasteiger partial charge is 0.220 e. The molecule has 0 radical (unpaired) electrons. The van der Waals surface area contributed by atoms with Gasteiger partial charge in [0.25, 0.3) is 0 Å². The van der Waals surface area contributed by atoms with Gasteiger partial charge in [0, 0.05) is 6.42 Å². The Morgan fingerprint density at radius 2 is 0.932 bits per heavy atom. The summed E-state index contributed by atoms with van der Waals surface area (Å²) in [6.07, 6.45) is 41.9. The molecule has 12 atom stereocenters. The monoisotopic (exact) mass is 1050 g/mol. The first-order valence-corrected chi connectivity index (χ1v) is 29.2. The molecule has 14 nitrogen and oxygen atoms in total. The van der Waals surface area contributed by atoms with Crippen LogP contribution in [0.5, 0.6) is 0 Å². The maximum atomic E-state index is 13.2. The van der Waals surface area contributed by atoms with Crippen LogP contribution in [0.1, 0.15) is 206 Å². The van der Waals surface area contributed by atoms with Gasteiger partial charge in [0.1, 0.15) is 48.8 Å². The van der Waals surface area contributed by atoms with Crippen molar-refractivity contribution in [2.24, 2.45) is 0 Å². The summed E-state index contributed by atoms with van der Waals surface area (Å²) < 4.78 is 22.8. The summed E-state index contributed by atoms with van der Waals surface area (Å²) in [6, 6.07) is -0.833. The molecule has 0 aliphatic carbocycles. The fourth-order valence-corrected chi connectivity index (χ4v) is 9.24. The van der Waals surface area contributed by atoms with Crippen molar-refractivity contribution in [2.75, 3.05) is 19.8 Å². The number of aliphatic hydroxyl groups excluding tert-OH is 8. The predicted octanol–water partition coefficient (Wildman–Crippen LogP) is 9.55. The Labute approximate surface area is 447 Å². The average molecular weight is 1050 g/mol. The van der Waals surface area contributed by atoms with Crippen LogP contribution in [-0.4, -0.2) is 140 Å². The molecule has 1 amide bonds. The van der Waals surface area contributed by atoms with E-state index in [4.69, 9.17) is 18.9 Å². The molecule has 2 saturated heterocycles. The fourth-order valence-electron chi connectivity index (χ4n) is 9.24. The zero-order valence-electron chi connectivity index (χ0n) is 45.8. The van der Waals surface area contributed by atoms with Crippen LogP contribution in [0.25, 0.3) is 0 Å². The normalized spacial score (nSPS) is 25.8. The molecule has 74 heavy (non-hydrogen) atoms. The SMILES string of the molecule is CC/C=C\C/C=C\C/C=C\C/C=C\C/C=C\C/C=C\CCCCCCCCCCCCC(=O)NC(COC1OC(CO)C(OC2OC(CO)C(O)C(O)C2O)C(O)C1O)C(O)CCCCCCCCCCCCC. The van der Waals surface area contributed by atoms with Gasteiger partial charge in [-0.25, -0.2) is 0 Å². The van der Waals surface area contributed by atoms with Gasteiger partial charge in [-0.05, 0) is 64.2 Å². The number of unbranched alkanes of at least 4 members (excludes halogenated alkanes) is 20. The van der Waals surface area contributed by atoms with E-state index in [2.05, 4.69) is 92.1 Å². The third kappa shape index (κ3) is 31.0. The zero-order valence-corrected chi connectivity index (χ0v) is 45.8. The Bertz CT molecular complexity index is 1520. The van der Waals surface area contributed by atoms with Crippen molar-refractivity contribution in [3.05, 3.63) is 72.9 Å². The number of amides is 1. The minimum Gasteiger partial charge on any atom is -0.394 e. The number of aliphatic hydroxyl groups is 8. The number of ether oxygens (including phenoxy) is 4. The summed E-state index contributed by atoms with van der Waals surface area (Å²) in [4.78, 5) is 13.2. The second-order valence-corrected chi connectivity index (χ2v) is 20.4. The highest BCUT2D eigenvalue weighted by Crippen LogP contribution is 2.30. The summed E-state index contributed by atoms with van der Waals surface area (Å²) in [5, 5.41) is 87.0. The van der Waals surface area contributed by atoms with E-state index in [0.29, 0.717) is 19.3 Å². The molecule has 0 saturated carbocycles. The van der Waals surface area contributed by atoms with E-state index in [1.165, 1.54) is 83.5 Å². The van der Waals surface area contributed by atoms with E-state index in [1.807, 2.05) is 0 Å². The summed E-state index contributed by atoms with van der Waals surface area (Å²) >= 11 is 0. The minimum atomic E-state index is -1.78. The second-order valence-electron chi connectivity index (χ2n) is 20.4. The minimum absolute atomic E-state index is 0.216. The van der Waals surface area contributed by atoms with Crippen molar-refractivity contribution >= 4 is 5.91 Å². The Kier molecular flexibility index (Phi) is 41.5. The lowest BCUT2D eigenvalue weighted by Gasteiger charge is -2.46. The standard InChI is InChI=1S/C60H105NO13/c1-3-5-7-9-11-13-15-16-17-18-19-20-21-22-23-24-25-26-27-28-29-30-31-32-34-36-38-40-42-44-52(65)61-48(49(64)43-41-39-37-35-33-14-12-10-8-6-4-2)47-71-59-57(70)55(68)58(51(46-63)73-59)74-60-56(69)54(67)53(66)50(45-62)72-60/h5,7,11,13,16-17,19-20,22-23,25-26,48-51,53-60,62-64,66-70H,3-4,6,8-10,12,14-15,18,21,24,27-47H2,1-2H3,(H,61,65)/b7-5-,13-11-,17-16-,20-19-,23-22-,26-25-. The van der Waals surface area contributed by atoms with E-state index in [9.17, 15) is 45.6 Å². The third-order valence-corrected chi connectivity index (χ3v) is 13.9. The number of carbonyl (C=O) groups excluding carboxylic acids is 1. The summed E-state index contributed by atoms with van der Waals surface area (Å²) in [6.45, 7) is 2.72.